The molecule has 1 aromatic carbocycles. The van der Waals surface area contributed by atoms with Crippen molar-refractivity contribution < 1.29 is 4.74 Å². The topological polar surface area (TPSA) is 24.5 Å². The molecular weight excluding hydrogens is 236 g/mol. The summed E-state index contributed by atoms with van der Waals surface area (Å²) in [4.78, 5) is 2.48. The largest absolute Gasteiger partial charge is 0.491 e. The fourth-order valence-electron chi connectivity index (χ4n) is 3.02. The van der Waals surface area contributed by atoms with E-state index in [9.17, 15) is 0 Å². The molecule has 3 heteroatoms. The number of ether oxygens (including phenoxy) is 1. The summed E-state index contributed by atoms with van der Waals surface area (Å²) < 4.78 is 5.70. The van der Waals surface area contributed by atoms with Crippen LogP contribution >= 0.6 is 0 Å². The molecule has 1 heterocycles. The van der Waals surface area contributed by atoms with Crippen molar-refractivity contribution in [3.8, 4) is 5.75 Å². The summed E-state index contributed by atoms with van der Waals surface area (Å²) in [7, 11) is 2.05. The van der Waals surface area contributed by atoms with Gasteiger partial charge in [-0.1, -0.05) is 0 Å². The molecule has 106 valence electrons. The Morgan fingerprint density at radius 3 is 2.37 bits per heavy atom. The van der Waals surface area contributed by atoms with Crippen molar-refractivity contribution in [1.29, 1.82) is 0 Å². The molecule has 0 amide bonds. The molecule has 0 aliphatic carbocycles. The van der Waals surface area contributed by atoms with Gasteiger partial charge in [0.15, 0.2) is 0 Å². The Morgan fingerprint density at radius 1 is 1.26 bits per heavy atom. The molecule has 1 aromatic rings. The first kappa shape index (κ1) is 14.2. The molecule has 0 aromatic heterocycles. The number of nitrogens with one attached hydrogen (secondary N) is 1. The lowest BCUT2D eigenvalue weighted by Crippen LogP contribution is -2.50. The molecule has 0 spiro atoms. The smallest absolute Gasteiger partial charge is 0.119 e. The summed E-state index contributed by atoms with van der Waals surface area (Å²) in [6.45, 7) is 9.81. The average molecular weight is 262 g/mol. The SMILES string of the molecule is CNC1CCN(c2ccc(OC(C)C)cc2)C1(C)C. The lowest BCUT2D eigenvalue weighted by atomic mass is 9.95. The van der Waals surface area contributed by atoms with Crippen molar-refractivity contribution in [3.05, 3.63) is 24.3 Å². The van der Waals surface area contributed by atoms with Crippen LogP contribution in [-0.4, -0.2) is 31.3 Å². The fraction of sp³-hybridized carbons (Fsp3) is 0.625. The lowest BCUT2D eigenvalue weighted by molar-refractivity contribution is 0.242. The molecule has 1 aliphatic rings. The molecule has 3 nitrogen and oxygen atoms in total. The Morgan fingerprint density at radius 2 is 1.89 bits per heavy atom. The Bertz CT molecular complexity index is 411. The third-order valence-electron chi connectivity index (χ3n) is 4.06. The van der Waals surface area contributed by atoms with E-state index >= 15 is 0 Å². The zero-order chi connectivity index (χ0) is 14.0. The summed E-state index contributed by atoms with van der Waals surface area (Å²) in [5.41, 5.74) is 1.42. The third-order valence-corrected chi connectivity index (χ3v) is 4.06. The first-order valence-electron chi connectivity index (χ1n) is 7.16. The van der Waals surface area contributed by atoms with E-state index in [2.05, 4.69) is 69.2 Å². The minimum Gasteiger partial charge on any atom is -0.491 e. The van der Waals surface area contributed by atoms with Gasteiger partial charge in [-0.2, -0.15) is 0 Å². The summed E-state index contributed by atoms with van der Waals surface area (Å²) in [5.74, 6) is 0.945. The van der Waals surface area contributed by atoms with E-state index in [0.29, 0.717) is 6.04 Å². The van der Waals surface area contributed by atoms with Crippen molar-refractivity contribution >= 4 is 5.69 Å². The summed E-state index contributed by atoms with van der Waals surface area (Å²) >= 11 is 0. The second-order valence-corrected chi connectivity index (χ2v) is 6.10. The van der Waals surface area contributed by atoms with E-state index in [0.717, 1.165) is 12.3 Å². The van der Waals surface area contributed by atoms with Gasteiger partial charge in [-0.25, -0.2) is 0 Å². The second-order valence-electron chi connectivity index (χ2n) is 6.10. The maximum absolute atomic E-state index is 5.70. The van der Waals surface area contributed by atoms with Crippen LogP contribution in [0.25, 0.3) is 0 Å². The Labute approximate surface area is 116 Å². The van der Waals surface area contributed by atoms with Crippen molar-refractivity contribution in [1.82, 2.24) is 5.32 Å². The molecule has 1 saturated heterocycles. The van der Waals surface area contributed by atoms with Crippen LogP contribution in [0.15, 0.2) is 24.3 Å². The third kappa shape index (κ3) is 2.86. The second kappa shape index (κ2) is 5.41. The van der Waals surface area contributed by atoms with Gasteiger partial charge in [-0.05, 0) is 65.4 Å². The molecule has 19 heavy (non-hydrogen) atoms. The van der Waals surface area contributed by atoms with Gasteiger partial charge in [-0.3, -0.25) is 0 Å². The predicted octanol–water partition coefficient (Wildman–Crippen LogP) is 3.05. The molecule has 1 atom stereocenters. The molecule has 1 aliphatic heterocycles. The number of anilines is 1. The Balaban J connectivity index is 2.14. The standard InChI is InChI=1S/C16H26N2O/c1-12(2)19-14-8-6-13(7-9-14)18-11-10-15(17-5)16(18,3)4/h6-9,12,15,17H,10-11H2,1-5H3. The van der Waals surface area contributed by atoms with Crippen molar-refractivity contribution in [2.45, 2.75) is 51.8 Å². The molecule has 2 rings (SSSR count). The highest BCUT2D eigenvalue weighted by Crippen LogP contribution is 2.34. The average Bonchev–Trinajstić information content (AvgIpc) is 2.64. The van der Waals surface area contributed by atoms with Gasteiger partial charge < -0.3 is 15.0 Å². The van der Waals surface area contributed by atoms with Crippen LogP contribution < -0.4 is 15.0 Å². The molecule has 0 bridgehead atoms. The summed E-state index contributed by atoms with van der Waals surface area (Å²) in [5, 5.41) is 3.43. The number of nitrogens with zero attached hydrogens (tertiary/aromatic N) is 1. The van der Waals surface area contributed by atoms with Crippen LogP contribution in [0.1, 0.15) is 34.1 Å². The maximum Gasteiger partial charge on any atom is 0.119 e. The van der Waals surface area contributed by atoms with E-state index in [1.54, 1.807) is 0 Å². The summed E-state index contributed by atoms with van der Waals surface area (Å²) in [6, 6.07) is 9.00. The number of benzene rings is 1. The van der Waals surface area contributed by atoms with Crippen LogP contribution in [-0.2, 0) is 0 Å². The minimum atomic E-state index is 0.148. The van der Waals surface area contributed by atoms with E-state index in [1.807, 2.05) is 0 Å². The van der Waals surface area contributed by atoms with Gasteiger partial charge in [0.05, 0.1) is 6.10 Å². The van der Waals surface area contributed by atoms with Gasteiger partial charge in [0, 0.05) is 23.8 Å². The first-order valence-corrected chi connectivity index (χ1v) is 7.16. The highest BCUT2D eigenvalue weighted by Gasteiger charge is 2.40. The van der Waals surface area contributed by atoms with Crippen LogP contribution in [0.5, 0.6) is 5.75 Å². The molecule has 0 saturated carbocycles. The molecule has 1 unspecified atom stereocenters. The van der Waals surface area contributed by atoms with Crippen LogP contribution in [0.2, 0.25) is 0 Å². The van der Waals surface area contributed by atoms with Crippen molar-refractivity contribution in [2.75, 3.05) is 18.5 Å². The number of hydrogen-bond acceptors (Lipinski definition) is 3. The van der Waals surface area contributed by atoms with Crippen molar-refractivity contribution in [2.24, 2.45) is 0 Å². The van der Waals surface area contributed by atoms with Crippen LogP contribution in [0.3, 0.4) is 0 Å². The van der Waals surface area contributed by atoms with E-state index < -0.39 is 0 Å². The molecule has 0 radical (unpaired) electrons. The fourth-order valence-corrected chi connectivity index (χ4v) is 3.02. The quantitative estimate of drug-likeness (QED) is 0.902. The monoisotopic (exact) mass is 262 g/mol. The number of likely N-dealkylation sites (N-methyl/N-ethyl adjacent to an activating group) is 1. The van der Waals surface area contributed by atoms with Gasteiger partial charge in [-0.15, -0.1) is 0 Å². The van der Waals surface area contributed by atoms with Crippen LogP contribution in [0.4, 0.5) is 5.69 Å². The summed E-state index contributed by atoms with van der Waals surface area (Å²) in [6.07, 6.45) is 1.41. The zero-order valence-corrected chi connectivity index (χ0v) is 12.7. The predicted molar refractivity (Wildman–Crippen MR) is 81.1 cm³/mol. The Kier molecular flexibility index (Phi) is 4.04. The maximum atomic E-state index is 5.70. The zero-order valence-electron chi connectivity index (χ0n) is 12.7. The molecule has 1 fully saturated rings. The highest BCUT2D eigenvalue weighted by atomic mass is 16.5. The Hall–Kier alpha value is -1.22. The molecule has 1 N–H and O–H groups in total. The van der Waals surface area contributed by atoms with Crippen molar-refractivity contribution in [3.63, 3.8) is 0 Å². The van der Waals surface area contributed by atoms with Gasteiger partial charge >= 0.3 is 0 Å². The number of rotatable bonds is 4. The van der Waals surface area contributed by atoms with E-state index in [1.165, 1.54) is 12.1 Å². The van der Waals surface area contributed by atoms with E-state index in [-0.39, 0.29) is 11.6 Å². The van der Waals surface area contributed by atoms with Gasteiger partial charge in [0.1, 0.15) is 5.75 Å². The van der Waals surface area contributed by atoms with Gasteiger partial charge in [0.25, 0.3) is 0 Å². The normalized spacial score (nSPS) is 22.0. The van der Waals surface area contributed by atoms with Gasteiger partial charge in [0.2, 0.25) is 0 Å². The number of hydrogen-bond donors (Lipinski definition) is 1. The van der Waals surface area contributed by atoms with E-state index in [4.69, 9.17) is 4.74 Å². The highest BCUT2D eigenvalue weighted by molar-refractivity contribution is 5.53. The molecular formula is C16H26N2O. The minimum absolute atomic E-state index is 0.148. The van der Waals surface area contributed by atoms with Crippen LogP contribution in [0, 0.1) is 0 Å². The lowest BCUT2D eigenvalue weighted by Gasteiger charge is -2.37. The first-order chi connectivity index (χ1) is 8.95.